The van der Waals surface area contributed by atoms with Gasteiger partial charge < -0.3 is 24.2 Å². The Bertz CT molecular complexity index is 1460. The van der Waals surface area contributed by atoms with E-state index in [1.54, 1.807) is 21.9 Å². The van der Waals surface area contributed by atoms with Crippen LogP contribution in [0, 0.1) is 6.92 Å². The Balaban J connectivity index is 1.22. The van der Waals surface area contributed by atoms with Gasteiger partial charge in [0.2, 0.25) is 10.0 Å². The number of ether oxygens (including phenoxy) is 1. The highest BCUT2D eigenvalue weighted by Crippen LogP contribution is 2.29. The first-order chi connectivity index (χ1) is 18.7. The first kappa shape index (κ1) is 27.0. The molecule has 0 radical (unpaired) electrons. The number of likely N-dealkylation sites (tertiary alicyclic amines) is 1. The zero-order valence-electron chi connectivity index (χ0n) is 22.2. The second kappa shape index (κ2) is 10.9. The number of hydrogen-bond donors (Lipinski definition) is 1. The molecule has 2 fully saturated rings. The summed E-state index contributed by atoms with van der Waals surface area (Å²) in [7, 11) is -1.92. The second-order valence-electron chi connectivity index (χ2n) is 10.4. The molecule has 2 aromatic carbocycles. The number of aldehydes is 1. The standard InChI is InChI=1S/C28H33N5O5S/c1-21-17-22(25-5-3-4-6-26(25)29-21)18-38-23-7-9-24(10-8-23)39(36,37)30-28(11-16-34)19-33(20-28)27(35)32-14-12-31(2)13-15-32/h3-10,16-17,30H,11-15,18-20H2,1-2H3. The Hall–Kier alpha value is -3.54. The molecular weight excluding hydrogens is 518 g/mol. The van der Waals surface area contributed by atoms with Gasteiger partial charge >= 0.3 is 6.03 Å². The van der Waals surface area contributed by atoms with E-state index in [1.165, 1.54) is 12.1 Å². The molecule has 1 aromatic heterocycles. The topological polar surface area (TPSA) is 112 Å². The summed E-state index contributed by atoms with van der Waals surface area (Å²) in [6.45, 7) is 5.40. The van der Waals surface area contributed by atoms with Gasteiger partial charge in [-0.2, -0.15) is 0 Å². The van der Waals surface area contributed by atoms with Gasteiger partial charge in [0.25, 0.3) is 0 Å². The fourth-order valence-corrected chi connectivity index (χ4v) is 6.54. The van der Waals surface area contributed by atoms with E-state index in [0.717, 1.165) is 35.2 Å². The van der Waals surface area contributed by atoms with Crippen molar-refractivity contribution in [2.24, 2.45) is 0 Å². The summed E-state index contributed by atoms with van der Waals surface area (Å²) < 4.78 is 35.1. The monoisotopic (exact) mass is 551 g/mol. The molecule has 11 heteroatoms. The molecule has 5 rings (SSSR count). The van der Waals surface area contributed by atoms with Crippen LogP contribution in [-0.4, -0.2) is 92.3 Å². The molecule has 3 heterocycles. The predicted octanol–water partition coefficient (Wildman–Crippen LogP) is 2.41. The lowest BCUT2D eigenvalue weighted by molar-refractivity contribution is -0.110. The van der Waals surface area contributed by atoms with Crippen molar-refractivity contribution in [3.05, 3.63) is 65.9 Å². The van der Waals surface area contributed by atoms with Gasteiger partial charge in [-0.05, 0) is 50.4 Å². The maximum absolute atomic E-state index is 13.2. The predicted molar refractivity (Wildman–Crippen MR) is 147 cm³/mol. The fourth-order valence-electron chi connectivity index (χ4n) is 5.15. The highest BCUT2D eigenvalue weighted by Gasteiger charge is 2.48. The van der Waals surface area contributed by atoms with Crippen molar-refractivity contribution >= 4 is 33.2 Å². The zero-order chi connectivity index (χ0) is 27.6. The van der Waals surface area contributed by atoms with Crippen molar-refractivity contribution in [1.82, 2.24) is 24.4 Å². The number of pyridine rings is 1. The number of amides is 2. The number of para-hydroxylation sites is 1. The molecule has 0 aliphatic carbocycles. The number of nitrogens with zero attached hydrogens (tertiary/aromatic N) is 4. The molecule has 0 atom stereocenters. The maximum atomic E-state index is 13.2. The number of nitrogens with one attached hydrogen (secondary N) is 1. The third-order valence-electron chi connectivity index (χ3n) is 7.31. The summed E-state index contributed by atoms with van der Waals surface area (Å²) in [6, 6.07) is 15.9. The lowest BCUT2D eigenvalue weighted by Gasteiger charge is -2.51. The Morgan fingerprint density at radius 1 is 1.05 bits per heavy atom. The van der Waals surface area contributed by atoms with Crippen molar-refractivity contribution in [2.45, 2.75) is 30.4 Å². The highest BCUT2D eigenvalue weighted by molar-refractivity contribution is 7.89. The van der Waals surface area contributed by atoms with Crippen LogP contribution in [0.25, 0.3) is 10.9 Å². The first-order valence-corrected chi connectivity index (χ1v) is 14.4. The van der Waals surface area contributed by atoms with E-state index < -0.39 is 15.6 Å². The number of fused-ring (bicyclic) bond motifs is 1. The SMILES string of the molecule is Cc1cc(COc2ccc(S(=O)(=O)NC3(CC=O)CN(C(=O)N4CCN(C)CC4)C3)cc2)c2ccccc2n1. The van der Waals surface area contributed by atoms with Gasteiger partial charge in [-0.3, -0.25) is 4.98 Å². The zero-order valence-corrected chi connectivity index (χ0v) is 23.0. The number of carbonyl (C=O) groups is 2. The smallest absolute Gasteiger partial charge is 0.320 e. The van der Waals surface area contributed by atoms with Crippen molar-refractivity contribution in [3.63, 3.8) is 0 Å². The van der Waals surface area contributed by atoms with Gasteiger partial charge in [-0.1, -0.05) is 18.2 Å². The van der Waals surface area contributed by atoms with Crippen LogP contribution in [0.2, 0.25) is 0 Å². The molecule has 2 saturated heterocycles. The van der Waals surface area contributed by atoms with Gasteiger partial charge in [0.05, 0.1) is 16.0 Å². The van der Waals surface area contributed by atoms with Crippen LogP contribution in [0.5, 0.6) is 5.75 Å². The van der Waals surface area contributed by atoms with Crippen molar-refractivity contribution < 1.29 is 22.7 Å². The average molecular weight is 552 g/mol. The molecule has 2 aliphatic rings. The lowest BCUT2D eigenvalue weighted by atomic mass is 9.88. The number of urea groups is 1. The van der Waals surface area contributed by atoms with Crippen LogP contribution in [0.4, 0.5) is 4.79 Å². The summed E-state index contributed by atoms with van der Waals surface area (Å²) in [5.41, 5.74) is 1.77. The van der Waals surface area contributed by atoms with E-state index in [1.807, 2.05) is 44.3 Å². The van der Waals surface area contributed by atoms with Gasteiger partial charge in [0.1, 0.15) is 18.6 Å². The Labute approximate surface area is 228 Å². The molecule has 10 nitrogen and oxygen atoms in total. The van der Waals surface area contributed by atoms with Crippen LogP contribution in [0.3, 0.4) is 0 Å². The fraction of sp³-hybridized carbons (Fsp3) is 0.393. The van der Waals surface area contributed by atoms with E-state index in [2.05, 4.69) is 14.6 Å². The number of hydrogen-bond acceptors (Lipinski definition) is 7. The van der Waals surface area contributed by atoms with E-state index in [9.17, 15) is 18.0 Å². The van der Waals surface area contributed by atoms with Crippen LogP contribution in [0.1, 0.15) is 17.7 Å². The van der Waals surface area contributed by atoms with Gasteiger partial charge in [-0.15, -0.1) is 0 Å². The van der Waals surface area contributed by atoms with Crippen LogP contribution < -0.4 is 9.46 Å². The first-order valence-electron chi connectivity index (χ1n) is 13.0. The minimum Gasteiger partial charge on any atom is -0.489 e. The van der Waals surface area contributed by atoms with E-state index in [4.69, 9.17) is 4.74 Å². The molecule has 206 valence electrons. The van der Waals surface area contributed by atoms with Crippen molar-refractivity contribution in [3.8, 4) is 5.75 Å². The minimum absolute atomic E-state index is 0.0146. The summed E-state index contributed by atoms with van der Waals surface area (Å²) in [6.07, 6.45) is 0.681. The van der Waals surface area contributed by atoms with Gasteiger partial charge in [0.15, 0.2) is 0 Å². The molecule has 39 heavy (non-hydrogen) atoms. The van der Waals surface area contributed by atoms with Crippen molar-refractivity contribution in [1.29, 1.82) is 0 Å². The lowest BCUT2D eigenvalue weighted by Crippen LogP contribution is -2.73. The second-order valence-corrected chi connectivity index (χ2v) is 12.1. The number of likely N-dealkylation sites (N-methyl/N-ethyl adjacent to an activating group) is 1. The normalized spacial score (nSPS) is 17.6. The number of carbonyl (C=O) groups excluding carboxylic acids is 2. The third kappa shape index (κ3) is 5.90. The van der Waals surface area contributed by atoms with Crippen LogP contribution in [-0.2, 0) is 21.4 Å². The summed E-state index contributed by atoms with van der Waals surface area (Å²) in [5, 5.41) is 1.01. The molecule has 0 unspecified atom stereocenters. The average Bonchev–Trinajstić information content (AvgIpc) is 2.90. The molecule has 2 amide bonds. The quantitative estimate of drug-likeness (QED) is 0.428. The maximum Gasteiger partial charge on any atom is 0.320 e. The van der Waals surface area contributed by atoms with E-state index >= 15 is 0 Å². The summed E-state index contributed by atoms with van der Waals surface area (Å²) >= 11 is 0. The molecular formula is C28H33N5O5S. The highest BCUT2D eigenvalue weighted by atomic mass is 32.2. The number of sulfonamides is 1. The van der Waals surface area contributed by atoms with E-state index in [-0.39, 0.29) is 30.4 Å². The summed E-state index contributed by atoms with van der Waals surface area (Å²) in [5.74, 6) is 0.530. The molecule has 1 N–H and O–H groups in total. The third-order valence-corrected chi connectivity index (χ3v) is 8.91. The van der Waals surface area contributed by atoms with Crippen LogP contribution in [0.15, 0.2) is 59.5 Å². The molecule has 0 saturated carbocycles. The number of piperazine rings is 1. The molecule has 3 aromatic rings. The van der Waals surface area contributed by atoms with Crippen molar-refractivity contribution in [2.75, 3.05) is 46.3 Å². The number of rotatable bonds is 8. The Kier molecular flexibility index (Phi) is 7.57. The Morgan fingerprint density at radius 3 is 2.44 bits per heavy atom. The molecule has 0 bridgehead atoms. The summed E-state index contributed by atoms with van der Waals surface area (Å²) in [4.78, 5) is 34.4. The molecule has 0 spiro atoms. The number of aryl methyl sites for hydroxylation is 1. The number of aromatic nitrogens is 1. The molecule has 2 aliphatic heterocycles. The minimum atomic E-state index is -3.93. The van der Waals surface area contributed by atoms with Gasteiger partial charge in [-0.25, -0.2) is 17.9 Å². The number of benzene rings is 2. The van der Waals surface area contributed by atoms with Crippen LogP contribution >= 0.6 is 0 Å². The largest absolute Gasteiger partial charge is 0.489 e. The van der Waals surface area contributed by atoms with Gasteiger partial charge in [0, 0.05) is 62.3 Å². The van der Waals surface area contributed by atoms with E-state index in [0.29, 0.717) is 31.7 Å². The Morgan fingerprint density at radius 2 is 1.74 bits per heavy atom.